The molecule has 1 fully saturated rings. The number of pyridine rings is 1. The van der Waals surface area contributed by atoms with Gasteiger partial charge in [0.1, 0.15) is 40.7 Å². The van der Waals surface area contributed by atoms with Crippen LogP contribution in [0.2, 0.25) is 16.8 Å². The predicted octanol–water partition coefficient (Wildman–Crippen LogP) is -3.72. The van der Waals surface area contributed by atoms with Crippen molar-refractivity contribution in [3.63, 3.8) is 0 Å². The van der Waals surface area contributed by atoms with Crippen LogP contribution in [-0.4, -0.2) is 100 Å². The van der Waals surface area contributed by atoms with E-state index < -0.39 is 40.2 Å². The fourth-order valence-corrected chi connectivity index (χ4v) is 4.49. The highest BCUT2D eigenvalue weighted by molar-refractivity contribution is 6.40. The Balaban J connectivity index is 1.81. The summed E-state index contributed by atoms with van der Waals surface area (Å²) in [5.41, 5.74) is 5.48. The number of rotatable bonds is 0. The van der Waals surface area contributed by atoms with Crippen molar-refractivity contribution in [1.82, 2.24) is 24.9 Å². The first-order valence-electron chi connectivity index (χ1n) is 10.8. The zero-order chi connectivity index (χ0) is 26.1. The molecule has 5 rings (SSSR count). The molecule has 2 aliphatic heterocycles. The molecule has 36 heavy (non-hydrogen) atoms. The third-order valence-electron chi connectivity index (χ3n) is 6.30. The molecule has 5 heterocycles. The number of nitrogen functional groups attached to an aromatic ring is 1. The van der Waals surface area contributed by atoms with E-state index >= 15 is 0 Å². The molecule has 3 atom stereocenters. The summed E-state index contributed by atoms with van der Waals surface area (Å²) in [5.74, 6) is -3.03. The van der Waals surface area contributed by atoms with Crippen LogP contribution in [0, 0.1) is 5.82 Å². The number of nitrogens with two attached hydrogens (primary N) is 1. The van der Waals surface area contributed by atoms with Crippen molar-refractivity contribution in [3.8, 4) is 5.88 Å². The van der Waals surface area contributed by atoms with Gasteiger partial charge in [-0.1, -0.05) is 17.1 Å². The maximum atomic E-state index is 14.9. The minimum absolute atomic E-state index is 0.0187. The van der Waals surface area contributed by atoms with Crippen LogP contribution in [0.4, 0.5) is 16.0 Å². The van der Waals surface area contributed by atoms with Crippen molar-refractivity contribution in [2.75, 3.05) is 30.3 Å². The van der Waals surface area contributed by atoms with Gasteiger partial charge in [-0.05, 0) is 10.7 Å². The summed E-state index contributed by atoms with van der Waals surface area (Å²) in [6.07, 6.45) is 1.43. The van der Waals surface area contributed by atoms with E-state index in [1.165, 1.54) is 10.7 Å². The van der Waals surface area contributed by atoms with E-state index in [2.05, 4.69) is 20.4 Å². The normalized spacial score (nSPS) is 23.5. The Kier molecular flexibility index (Phi) is 5.87. The number of ether oxygens (including phenoxy) is 1. The molecule has 2 bridgehead atoms. The first-order chi connectivity index (χ1) is 16.9. The fourth-order valence-electron chi connectivity index (χ4n) is 4.49. The lowest BCUT2D eigenvalue weighted by molar-refractivity contribution is 0.0951. The van der Waals surface area contributed by atoms with Gasteiger partial charge >= 0.3 is 0 Å². The number of nitrogens with zero attached hydrogens (tertiary/aromatic N) is 5. The zero-order valence-electron chi connectivity index (χ0n) is 19.0. The second kappa shape index (κ2) is 8.56. The fraction of sp³-hybridized carbons (Fsp3) is 0.368. The number of aromatic nitrogens is 4. The van der Waals surface area contributed by atoms with Crippen LogP contribution >= 0.6 is 0 Å². The first-order valence-corrected chi connectivity index (χ1v) is 10.8. The lowest BCUT2D eigenvalue weighted by Gasteiger charge is -2.34. The third kappa shape index (κ3) is 3.87. The van der Waals surface area contributed by atoms with Crippen molar-refractivity contribution >= 4 is 94.6 Å². The highest BCUT2D eigenvalue weighted by Gasteiger charge is 2.42. The molecule has 3 N–H and O–H groups in total. The average molecular weight is 466 g/mol. The van der Waals surface area contributed by atoms with E-state index in [9.17, 15) is 9.18 Å². The molecule has 9 nitrogen and oxygen atoms in total. The Morgan fingerprint density at radius 2 is 1.94 bits per heavy atom. The summed E-state index contributed by atoms with van der Waals surface area (Å²) in [4.78, 5) is 23.2. The molecule has 164 valence electrons. The molecular formula is C19H13B7FN7O2. The molecular weight excluding hydrogens is 453 g/mol. The van der Waals surface area contributed by atoms with E-state index in [1.54, 1.807) is 4.90 Å². The maximum Gasteiger partial charge on any atom is 0.258 e. The van der Waals surface area contributed by atoms with Crippen LogP contribution in [0.1, 0.15) is 22.0 Å². The van der Waals surface area contributed by atoms with Crippen LogP contribution in [0.5, 0.6) is 5.88 Å². The largest absolute Gasteiger partial charge is 0.478 e. The average Bonchev–Trinajstić information content (AvgIpc) is 3.28. The lowest BCUT2D eigenvalue weighted by Crippen LogP contribution is -2.40. The van der Waals surface area contributed by atoms with Gasteiger partial charge in [0.2, 0.25) is 5.88 Å². The van der Waals surface area contributed by atoms with E-state index in [0.717, 1.165) is 0 Å². The molecule has 0 spiro atoms. The van der Waals surface area contributed by atoms with E-state index in [0.29, 0.717) is 0 Å². The third-order valence-corrected chi connectivity index (χ3v) is 6.30. The molecule has 17 heteroatoms. The number of carbonyl (C=O) groups is 1. The van der Waals surface area contributed by atoms with Crippen molar-refractivity contribution in [3.05, 3.63) is 23.1 Å². The van der Waals surface area contributed by atoms with Crippen LogP contribution in [-0.2, 0) is 0 Å². The number of halogens is 1. The van der Waals surface area contributed by atoms with Crippen molar-refractivity contribution < 1.29 is 13.9 Å². The molecule has 0 aromatic carbocycles. The smallest absolute Gasteiger partial charge is 0.258 e. The Morgan fingerprint density at radius 1 is 1.22 bits per heavy atom. The molecule has 1 amide bonds. The molecule has 0 saturated carbocycles. The molecule has 2 aliphatic rings. The number of hydrogen-bond acceptors (Lipinski definition) is 7. The van der Waals surface area contributed by atoms with Gasteiger partial charge in [-0.25, -0.2) is 18.9 Å². The second-order valence-electron chi connectivity index (χ2n) is 9.03. The summed E-state index contributed by atoms with van der Waals surface area (Å²) >= 11 is 0. The quantitative estimate of drug-likeness (QED) is 0.328. The van der Waals surface area contributed by atoms with Gasteiger partial charge in [0.25, 0.3) is 5.91 Å². The number of anilines is 2. The van der Waals surface area contributed by atoms with Crippen LogP contribution in [0.25, 0.3) is 5.65 Å². The van der Waals surface area contributed by atoms with E-state index in [-0.39, 0.29) is 64.9 Å². The van der Waals surface area contributed by atoms with E-state index in [1.807, 2.05) is 0 Å². The molecule has 0 aliphatic carbocycles. The van der Waals surface area contributed by atoms with E-state index in [4.69, 9.17) is 65.4 Å². The van der Waals surface area contributed by atoms with Gasteiger partial charge in [0.05, 0.1) is 44.0 Å². The van der Waals surface area contributed by atoms with Crippen LogP contribution in [0.15, 0.2) is 6.20 Å². The van der Waals surface area contributed by atoms with Crippen LogP contribution < -0.4 is 37.2 Å². The molecule has 3 aromatic heterocycles. The summed E-state index contributed by atoms with van der Waals surface area (Å²) in [6, 6.07) is -0.903. The van der Waals surface area contributed by atoms with Gasteiger partial charge in [-0.15, -0.1) is 5.10 Å². The number of nitrogens with one attached hydrogen (secondary N) is 1. The summed E-state index contributed by atoms with van der Waals surface area (Å²) in [7, 11) is 43.2. The van der Waals surface area contributed by atoms with Gasteiger partial charge in [-0.2, -0.15) is 0 Å². The van der Waals surface area contributed by atoms with Gasteiger partial charge in [0, 0.05) is 30.4 Å². The highest BCUT2D eigenvalue weighted by atomic mass is 19.1. The van der Waals surface area contributed by atoms with Crippen molar-refractivity contribution in [2.45, 2.75) is 22.9 Å². The maximum absolute atomic E-state index is 14.9. The first kappa shape index (κ1) is 24.7. The number of carbonyl (C=O) groups excluding carboxylic acids is 1. The Bertz CT molecular complexity index is 1400. The Labute approximate surface area is 215 Å². The van der Waals surface area contributed by atoms with Crippen molar-refractivity contribution in [1.29, 1.82) is 0 Å². The lowest BCUT2D eigenvalue weighted by atomic mass is 9.55. The van der Waals surface area contributed by atoms with Crippen molar-refractivity contribution in [2.24, 2.45) is 0 Å². The Hall–Kier alpha value is -2.98. The molecule has 14 radical (unpaired) electrons. The highest BCUT2D eigenvalue weighted by Crippen LogP contribution is 2.48. The number of amides is 1. The Morgan fingerprint density at radius 3 is 2.67 bits per heavy atom. The molecule has 3 aromatic rings. The topological polar surface area (TPSA) is 111 Å². The summed E-state index contributed by atoms with van der Waals surface area (Å²) in [6.45, 7) is -0.463. The molecule has 3 unspecified atom stereocenters. The van der Waals surface area contributed by atoms with Crippen LogP contribution in [0.3, 0.4) is 0 Å². The van der Waals surface area contributed by atoms with Gasteiger partial charge < -0.3 is 20.7 Å². The zero-order valence-corrected chi connectivity index (χ0v) is 19.0. The second-order valence-corrected chi connectivity index (χ2v) is 9.03. The number of fused-ring (bicyclic) bond motifs is 5. The predicted molar refractivity (Wildman–Crippen MR) is 139 cm³/mol. The molecule has 1 saturated heterocycles. The minimum atomic E-state index is -1.59. The number of hydrogen-bond donors (Lipinski definition) is 2. The summed E-state index contributed by atoms with van der Waals surface area (Å²) in [5, 5.41) is 5.13. The monoisotopic (exact) mass is 467 g/mol. The van der Waals surface area contributed by atoms with Gasteiger partial charge in [0.15, 0.2) is 11.5 Å². The standard InChI is InChI=1S/C19H13B7FN7O2/c20-5-1-33-12(9(5)22)7-10(23)11(27)13(24)30-18(7)36-4-19(25,26)3-29-17(35)8-14(28)32-34-2-6(21)15(33)31-16(8)34/h2,5,9,12H,1,3-4H2,(H2,28,32)(H,29,35). The SMILES string of the molecule is [B]c1cn2nc(N)c3c2nc1N1CC([B])C([B])C1c1c(nc([B])c(F)c1[B])OCC([B])([B])CNC3=O. The minimum Gasteiger partial charge on any atom is -0.478 e. The summed E-state index contributed by atoms with van der Waals surface area (Å²) < 4.78 is 22.0. The van der Waals surface area contributed by atoms with Gasteiger partial charge in [-0.3, -0.25) is 4.79 Å².